The predicted molar refractivity (Wildman–Crippen MR) is 221 cm³/mol. The summed E-state index contributed by atoms with van der Waals surface area (Å²) in [6.07, 6.45) is -0.443. The van der Waals surface area contributed by atoms with Gasteiger partial charge in [0.05, 0.1) is 118 Å². The maximum Gasteiger partial charge on any atom is 0.309 e. The summed E-state index contributed by atoms with van der Waals surface area (Å²) in [6, 6.07) is 7.31. The van der Waals surface area contributed by atoms with Gasteiger partial charge in [-0.15, -0.1) is 0 Å². The second-order valence-corrected chi connectivity index (χ2v) is 16.7. The first-order chi connectivity index (χ1) is 27.8. The number of hydrogen-bond donors (Lipinski definition) is 0. The minimum Gasteiger partial charge on any atom is -0.463 e. The number of rotatable bonds is 34. The van der Waals surface area contributed by atoms with Crippen LogP contribution in [0.25, 0.3) is 0 Å². The van der Waals surface area contributed by atoms with Gasteiger partial charge in [0.15, 0.2) is 0 Å². The molecular formula is C43H67O14P. The highest BCUT2D eigenvalue weighted by Gasteiger charge is 2.45. The number of hydrogen-bond acceptors (Lipinski definition) is 14. The van der Waals surface area contributed by atoms with E-state index >= 15 is 0 Å². The van der Waals surface area contributed by atoms with Crippen LogP contribution in [0.15, 0.2) is 24.3 Å². The van der Waals surface area contributed by atoms with E-state index in [0.717, 1.165) is 11.1 Å². The Morgan fingerprint density at radius 2 is 0.724 bits per heavy atom. The molecule has 0 aliphatic rings. The van der Waals surface area contributed by atoms with Gasteiger partial charge in [-0.3, -0.25) is 14.4 Å². The highest BCUT2D eigenvalue weighted by atomic mass is 31.2. The highest BCUT2D eigenvalue weighted by Crippen LogP contribution is 2.55. The minimum absolute atomic E-state index is 0.0494. The fourth-order valence-electron chi connectivity index (χ4n) is 6.24. The van der Waals surface area contributed by atoms with Crippen molar-refractivity contribution >= 4 is 24.2 Å². The van der Waals surface area contributed by atoms with E-state index in [9.17, 15) is 18.9 Å². The molecule has 0 bridgehead atoms. The molecule has 0 radical (unpaired) electrons. The van der Waals surface area contributed by atoms with Gasteiger partial charge < -0.3 is 51.9 Å². The third kappa shape index (κ3) is 19.0. The largest absolute Gasteiger partial charge is 0.463 e. The molecule has 0 fully saturated rings. The van der Waals surface area contributed by atoms with Crippen molar-refractivity contribution in [1.82, 2.24) is 0 Å². The van der Waals surface area contributed by atoms with Gasteiger partial charge in [-0.1, -0.05) is 42.3 Å². The van der Waals surface area contributed by atoms with Crippen LogP contribution in [0.1, 0.15) is 61.0 Å². The Morgan fingerprint density at radius 1 is 0.466 bits per heavy atom. The molecule has 0 spiro atoms. The molecule has 0 saturated heterocycles. The molecule has 0 amide bonds. The number of benzene rings is 2. The van der Waals surface area contributed by atoms with Gasteiger partial charge in [0, 0.05) is 24.4 Å². The monoisotopic (exact) mass is 838 g/mol. The maximum atomic E-state index is 14.8. The van der Waals surface area contributed by atoms with Crippen LogP contribution < -0.4 is 0 Å². The van der Waals surface area contributed by atoms with Crippen molar-refractivity contribution in [2.45, 2.75) is 48.5 Å². The van der Waals surface area contributed by atoms with Gasteiger partial charge in [-0.2, -0.15) is 0 Å². The lowest BCUT2D eigenvalue weighted by atomic mass is 10.0. The van der Waals surface area contributed by atoms with Crippen molar-refractivity contribution in [2.24, 2.45) is 5.92 Å². The SMILES string of the molecule is COCCOCCOCCOCCOCCOCCOCCOCCOCCOC(=O)C(C)CP(=O)(C(=O)c1c(C)cc(C)cc1C)C(=O)c1c(C)cc(C)cc1C. The molecule has 0 N–H and O–H groups in total. The summed E-state index contributed by atoms with van der Waals surface area (Å²) in [7, 11) is -2.70. The zero-order valence-corrected chi connectivity index (χ0v) is 36.9. The lowest BCUT2D eigenvalue weighted by molar-refractivity contribution is -0.148. The molecule has 0 aliphatic carbocycles. The van der Waals surface area contributed by atoms with E-state index in [1.54, 1.807) is 34.8 Å². The second-order valence-electron chi connectivity index (χ2n) is 14.0. The number of carbonyl (C=O) groups excluding carboxylic acids is 3. The number of esters is 1. The van der Waals surface area contributed by atoms with Crippen LogP contribution in [-0.4, -0.2) is 149 Å². The quantitative estimate of drug-likeness (QED) is 0.0470. The molecule has 0 aromatic heterocycles. The Morgan fingerprint density at radius 3 is 1.00 bits per heavy atom. The van der Waals surface area contributed by atoms with E-state index in [4.69, 9.17) is 47.4 Å². The van der Waals surface area contributed by atoms with Gasteiger partial charge >= 0.3 is 5.97 Å². The van der Waals surface area contributed by atoms with Crippen LogP contribution >= 0.6 is 7.14 Å². The molecule has 2 rings (SSSR count). The topological polar surface area (TPSA) is 161 Å². The van der Waals surface area contributed by atoms with Crippen LogP contribution in [0.4, 0.5) is 0 Å². The molecule has 0 saturated carbocycles. The van der Waals surface area contributed by atoms with Gasteiger partial charge in [0.1, 0.15) is 6.61 Å². The van der Waals surface area contributed by atoms with Gasteiger partial charge in [0.25, 0.3) is 0 Å². The number of carbonyl (C=O) groups is 3. The Hall–Kier alpha value is -2.88. The second kappa shape index (κ2) is 29.4. The van der Waals surface area contributed by atoms with Crippen molar-refractivity contribution < 1.29 is 66.3 Å². The average molecular weight is 839 g/mol. The summed E-state index contributed by atoms with van der Waals surface area (Å²) < 4.78 is 68.8. The van der Waals surface area contributed by atoms with Crippen LogP contribution in [0.5, 0.6) is 0 Å². The zero-order valence-electron chi connectivity index (χ0n) is 36.0. The summed E-state index contributed by atoms with van der Waals surface area (Å²) in [5.41, 5.74) is 3.47. The molecule has 0 aliphatic heterocycles. The maximum absolute atomic E-state index is 14.8. The third-order valence-electron chi connectivity index (χ3n) is 8.88. The van der Waals surface area contributed by atoms with Crippen molar-refractivity contribution in [3.8, 4) is 0 Å². The van der Waals surface area contributed by atoms with E-state index in [0.29, 0.717) is 121 Å². The van der Waals surface area contributed by atoms with Crippen molar-refractivity contribution in [1.29, 1.82) is 0 Å². The van der Waals surface area contributed by atoms with E-state index in [1.807, 2.05) is 38.1 Å². The molecule has 2 aromatic rings. The van der Waals surface area contributed by atoms with E-state index in [1.165, 1.54) is 6.92 Å². The number of methoxy groups -OCH3 is 1. The van der Waals surface area contributed by atoms with E-state index < -0.39 is 36.2 Å². The van der Waals surface area contributed by atoms with E-state index in [-0.39, 0.29) is 30.9 Å². The van der Waals surface area contributed by atoms with Crippen molar-refractivity contribution in [3.05, 3.63) is 68.8 Å². The molecular weight excluding hydrogens is 771 g/mol. The first kappa shape index (κ1) is 51.3. The number of ether oxygens (including phenoxy) is 10. The van der Waals surface area contributed by atoms with Crippen LogP contribution in [0.2, 0.25) is 0 Å². The molecule has 58 heavy (non-hydrogen) atoms. The molecule has 15 heteroatoms. The molecule has 328 valence electrons. The molecule has 14 nitrogen and oxygen atoms in total. The molecule has 1 atom stereocenters. The summed E-state index contributed by atoms with van der Waals surface area (Å²) in [5, 5.41) is 0. The zero-order chi connectivity index (χ0) is 42.8. The van der Waals surface area contributed by atoms with Gasteiger partial charge in [-0.25, -0.2) is 0 Å². The van der Waals surface area contributed by atoms with Crippen LogP contribution in [0.3, 0.4) is 0 Å². The summed E-state index contributed by atoms with van der Waals surface area (Å²) in [6.45, 7) is 19.8. The standard InChI is InChI=1S/C43H67O14P/c1-32-27-34(3)39(35(4)28-32)42(45)58(47,43(46)40-36(5)29-33(2)30-37(40)6)31-38(7)41(44)57-26-25-56-24-23-55-22-21-54-20-19-53-18-17-52-16-15-51-14-13-50-12-11-49-10-9-48-8/h27-30,38H,9-26,31H2,1-8H3. The van der Waals surface area contributed by atoms with Crippen molar-refractivity contribution in [2.75, 3.05) is 132 Å². The minimum atomic E-state index is -4.34. The first-order valence-electron chi connectivity index (χ1n) is 20.0. The first-order valence-corrected chi connectivity index (χ1v) is 21.8. The van der Waals surface area contributed by atoms with Gasteiger partial charge in [-0.05, 0) is 63.8 Å². The molecule has 1 unspecified atom stereocenters. The Labute approximate surface area is 345 Å². The van der Waals surface area contributed by atoms with Crippen LogP contribution in [0, 0.1) is 47.5 Å². The van der Waals surface area contributed by atoms with Crippen LogP contribution in [-0.2, 0) is 56.7 Å². The third-order valence-corrected chi connectivity index (χ3v) is 11.7. The average Bonchev–Trinajstić information content (AvgIpc) is 3.16. The summed E-state index contributed by atoms with van der Waals surface area (Å²) in [4.78, 5) is 41.4. The summed E-state index contributed by atoms with van der Waals surface area (Å²) >= 11 is 0. The smallest absolute Gasteiger partial charge is 0.309 e. The lowest BCUT2D eigenvalue weighted by Gasteiger charge is -2.23. The Kier molecular flexibility index (Phi) is 25.9. The summed E-state index contributed by atoms with van der Waals surface area (Å²) in [5.74, 6) is -1.65. The van der Waals surface area contributed by atoms with E-state index in [2.05, 4.69) is 0 Å². The number of aryl methyl sites for hydroxylation is 6. The van der Waals surface area contributed by atoms with Crippen molar-refractivity contribution in [3.63, 3.8) is 0 Å². The Bertz CT molecular complexity index is 1460. The molecule has 2 aromatic carbocycles. The fourth-order valence-corrected chi connectivity index (χ4v) is 9.11. The molecule has 0 heterocycles. The predicted octanol–water partition coefficient (Wildman–Crippen LogP) is 5.84. The highest BCUT2D eigenvalue weighted by molar-refractivity contribution is 7.95. The Balaban J connectivity index is 1.59. The lowest BCUT2D eigenvalue weighted by Crippen LogP contribution is -2.25. The fraction of sp³-hybridized carbons (Fsp3) is 0.651. The normalized spacial score (nSPS) is 12.2. The van der Waals surface area contributed by atoms with Gasteiger partial charge in [0.2, 0.25) is 18.2 Å².